The van der Waals surface area contributed by atoms with Gasteiger partial charge in [0.15, 0.2) is 0 Å². The van der Waals surface area contributed by atoms with Crippen LogP contribution in [0.5, 0.6) is 0 Å². The lowest BCUT2D eigenvalue weighted by atomic mass is 10.1. The molecule has 0 fully saturated rings. The third kappa shape index (κ3) is 2.75. The quantitative estimate of drug-likeness (QED) is 0.732. The molecule has 0 aliphatic heterocycles. The van der Waals surface area contributed by atoms with Gasteiger partial charge in [0.2, 0.25) is 0 Å². The molecular formula is C9H11F2NO. The maximum absolute atomic E-state index is 13.2. The van der Waals surface area contributed by atoms with E-state index < -0.39 is 12.5 Å². The van der Waals surface area contributed by atoms with Crippen LogP contribution >= 0.6 is 0 Å². The summed E-state index contributed by atoms with van der Waals surface area (Å²) < 4.78 is 26.4. The van der Waals surface area contributed by atoms with Crippen LogP contribution in [0.1, 0.15) is 5.56 Å². The van der Waals surface area contributed by atoms with Gasteiger partial charge < -0.3 is 5.21 Å². The Morgan fingerprint density at radius 1 is 1.31 bits per heavy atom. The molecule has 4 heteroatoms. The van der Waals surface area contributed by atoms with Crippen molar-refractivity contribution < 1.29 is 14.0 Å². The Hall–Kier alpha value is -1.00. The molecule has 2 nitrogen and oxygen atoms in total. The van der Waals surface area contributed by atoms with Gasteiger partial charge in [0, 0.05) is 12.6 Å². The van der Waals surface area contributed by atoms with Crippen molar-refractivity contribution >= 4 is 0 Å². The van der Waals surface area contributed by atoms with Gasteiger partial charge >= 0.3 is 0 Å². The Morgan fingerprint density at radius 3 is 2.31 bits per heavy atom. The zero-order valence-electron chi connectivity index (χ0n) is 7.24. The van der Waals surface area contributed by atoms with Crippen LogP contribution in [0, 0.1) is 0 Å². The van der Waals surface area contributed by atoms with Crippen molar-refractivity contribution in [1.82, 2.24) is 5.06 Å². The number of hydrogen-bond donors (Lipinski definition) is 1. The SMILES string of the molecule is CN(O)CC(F)(F)c1ccccc1. The largest absolute Gasteiger partial charge is 0.314 e. The summed E-state index contributed by atoms with van der Waals surface area (Å²) in [6.45, 7) is -0.697. The van der Waals surface area contributed by atoms with E-state index in [-0.39, 0.29) is 5.56 Å². The van der Waals surface area contributed by atoms with Gasteiger partial charge in [-0.15, -0.1) is 0 Å². The van der Waals surface area contributed by atoms with Gasteiger partial charge in [-0.3, -0.25) is 0 Å². The summed E-state index contributed by atoms with van der Waals surface area (Å²) in [6.07, 6.45) is 0. The van der Waals surface area contributed by atoms with E-state index in [0.29, 0.717) is 5.06 Å². The van der Waals surface area contributed by atoms with Crippen molar-refractivity contribution in [3.63, 3.8) is 0 Å². The van der Waals surface area contributed by atoms with Crippen LogP contribution in [-0.2, 0) is 5.92 Å². The minimum atomic E-state index is -3.01. The molecule has 0 aromatic heterocycles. The Morgan fingerprint density at radius 2 is 1.85 bits per heavy atom. The van der Waals surface area contributed by atoms with E-state index in [1.165, 1.54) is 19.2 Å². The zero-order valence-corrected chi connectivity index (χ0v) is 7.24. The fraction of sp³-hybridized carbons (Fsp3) is 0.333. The van der Waals surface area contributed by atoms with Crippen molar-refractivity contribution in [2.45, 2.75) is 5.92 Å². The molecule has 0 atom stereocenters. The molecule has 0 radical (unpaired) electrons. The third-order valence-electron chi connectivity index (χ3n) is 1.62. The van der Waals surface area contributed by atoms with Crippen LogP contribution in [-0.4, -0.2) is 23.9 Å². The van der Waals surface area contributed by atoms with Crippen molar-refractivity contribution in [2.24, 2.45) is 0 Å². The van der Waals surface area contributed by atoms with E-state index in [9.17, 15) is 8.78 Å². The number of nitrogens with zero attached hydrogens (tertiary/aromatic N) is 1. The number of hydroxylamine groups is 2. The predicted octanol–water partition coefficient (Wildman–Crippen LogP) is 2.10. The Labute approximate surface area is 75.4 Å². The molecule has 1 aromatic carbocycles. The fourth-order valence-electron chi connectivity index (χ4n) is 1.06. The number of benzene rings is 1. The third-order valence-corrected chi connectivity index (χ3v) is 1.62. The Balaban J connectivity index is 2.81. The highest BCUT2D eigenvalue weighted by Crippen LogP contribution is 2.27. The number of hydrogen-bond acceptors (Lipinski definition) is 2. The zero-order chi connectivity index (χ0) is 9.90. The normalized spacial score (nSPS) is 12.1. The Bertz CT molecular complexity index is 262. The van der Waals surface area contributed by atoms with Crippen LogP contribution in [0.4, 0.5) is 8.78 Å². The second-order valence-corrected chi connectivity index (χ2v) is 2.89. The molecule has 0 saturated heterocycles. The first kappa shape index (κ1) is 10.1. The standard InChI is InChI=1S/C9H11F2NO/c1-12(13)7-9(10,11)8-5-3-2-4-6-8/h2-6,13H,7H2,1H3. The van der Waals surface area contributed by atoms with Gasteiger partial charge in [-0.25, -0.2) is 0 Å². The maximum atomic E-state index is 13.2. The highest BCUT2D eigenvalue weighted by atomic mass is 19.3. The van der Waals surface area contributed by atoms with Gasteiger partial charge in [-0.2, -0.15) is 13.8 Å². The van der Waals surface area contributed by atoms with Crippen molar-refractivity contribution in [1.29, 1.82) is 0 Å². The van der Waals surface area contributed by atoms with Gasteiger partial charge in [-0.1, -0.05) is 30.3 Å². The van der Waals surface area contributed by atoms with E-state index in [4.69, 9.17) is 5.21 Å². The molecule has 1 aromatic rings. The molecule has 13 heavy (non-hydrogen) atoms. The average molecular weight is 187 g/mol. The molecule has 1 rings (SSSR count). The lowest BCUT2D eigenvalue weighted by Gasteiger charge is -2.19. The molecule has 0 bridgehead atoms. The fourth-order valence-corrected chi connectivity index (χ4v) is 1.06. The first-order chi connectivity index (χ1) is 6.02. The summed E-state index contributed by atoms with van der Waals surface area (Å²) >= 11 is 0. The first-order valence-electron chi connectivity index (χ1n) is 3.86. The van der Waals surface area contributed by atoms with Crippen LogP contribution in [0.2, 0.25) is 0 Å². The minimum absolute atomic E-state index is 0.0871. The molecule has 0 unspecified atom stereocenters. The number of halogens is 2. The van der Waals surface area contributed by atoms with Crippen molar-refractivity contribution in [3.05, 3.63) is 35.9 Å². The lowest BCUT2D eigenvalue weighted by Crippen LogP contribution is -2.30. The molecule has 0 amide bonds. The van der Waals surface area contributed by atoms with E-state index in [1.54, 1.807) is 18.2 Å². The maximum Gasteiger partial charge on any atom is 0.287 e. The van der Waals surface area contributed by atoms with Crippen molar-refractivity contribution in [2.75, 3.05) is 13.6 Å². The second-order valence-electron chi connectivity index (χ2n) is 2.89. The van der Waals surface area contributed by atoms with E-state index in [0.717, 1.165) is 0 Å². The molecule has 0 aliphatic rings. The summed E-state index contributed by atoms with van der Waals surface area (Å²) in [6, 6.07) is 7.43. The molecule has 1 N–H and O–H groups in total. The molecule has 0 spiro atoms. The second kappa shape index (κ2) is 3.81. The van der Waals surface area contributed by atoms with E-state index >= 15 is 0 Å². The Kier molecular flexibility index (Phi) is 2.95. The minimum Gasteiger partial charge on any atom is -0.314 e. The van der Waals surface area contributed by atoms with Gasteiger partial charge in [0.05, 0.1) is 6.54 Å². The smallest absolute Gasteiger partial charge is 0.287 e. The molecule has 0 aliphatic carbocycles. The predicted molar refractivity (Wildman–Crippen MR) is 44.8 cm³/mol. The van der Waals surface area contributed by atoms with Crippen LogP contribution in [0.3, 0.4) is 0 Å². The first-order valence-corrected chi connectivity index (χ1v) is 3.86. The summed E-state index contributed by atoms with van der Waals surface area (Å²) in [5.41, 5.74) is -0.0871. The van der Waals surface area contributed by atoms with Gasteiger partial charge in [0.1, 0.15) is 0 Å². The van der Waals surface area contributed by atoms with Gasteiger partial charge in [-0.05, 0) is 0 Å². The monoisotopic (exact) mass is 187 g/mol. The number of rotatable bonds is 3. The highest BCUT2D eigenvalue weighted by Gasteiger charge is 2.32. The van der Waals surface area contributed by atoms with Crippen LogP contribution in [0.25, 0.3) is 0 Å². The summed E-state index contributed by atoms with van der Waals surface area (Å²) in [4.78, 5) is 0. The molecule has 0 saturated carbocycles. The van der Waals surface area contributed by atoms with Crippen LogP contribution < -0.4 is 0 Å². The summed E-state index contributed by atoms with van der Waals surface area (Å²) in [5.74, 6) is -3.01. The van der Waals surface area contributed by atoms with E-state index in [1.807, 2.05) is 0 Å². The van der Waals surface area contributed by atoms with Gasteiger partial charge in [0.25, 0.3) is 5.92 Å². The average Bonchev–Trinajstić information content (AvgIpc) is 2.04. The van der Waals surface area contributed by atoms with E-state index in [2.05, 4.69) is 0 Å². The molecule has 0 heterocycles. The summed E-state index contributed by atoms with van der Waals surface area (Å²) in [7, 11) is 1.19. The molecular weight excluding hydrogens is 176 g/mol. The lowest BCUT2D eigenvalue weighted by molar-refractivity contribution is -0.141. The molecule has 72 valence electrons. The highest BCUT2D eigenvalue weighted by molar-refractivity contribution is 5.20. The summed E-state index contributed by atoms with van der Waals surface area (Å²) in [5, 5.41) is 9.18. The van der Waals surface area contributed by atoms with Crippen LogP contribution in [0.15, 0.2) is 30.3 Å². The topological polar surface area (TPSA) is 23.5 Å². The number of alkyl halides is 2. The van der Waals surface area contributed by atoms with Crippen molar-refractivity contribution in [3.8, 4) is 0 Å². The number of likely N-dealkylation sites (N-methyl/N-ethyl adjacent to an activating group) is 1.